The van der Waals surface area contributed by atoms with Gasteiger partial charge < -0.3 is 4.90 Å². The molecule has 1 amide bonds. The highest BCUT2D eigenvalue weighted by molar-refractivity contribution is 5.79. The summed E-state index contributed by atoms with van der Waals surface area (Å²) in [5.41, 5.74) is 5.58. The Kier molecular flexibility index (Phi) is 5.86. The molecule has 0 atom stereocenters. The van der Waals surface area contributed by atoms with Gasteiger partial charge >= 0.3 is 0 Å². The van der Waals surface area contributed by atoms with Gasteiger partial charge in [-0.3, -0.25) is 4.79 Å². The van der Waals surface area contributed by atoms with Crippen molar-refractivity contribution in [3.63, 3.8) is 0 Å². The molecule has 26 heavy (non-hydrogen) atoms. The quantitative estimate of drug-likeness (QED) is 0.737. The van der Waals surface area contributed by atoms with Crippen molar-refractivity contribution in [3.8, 4) is 6.07 Å². The summed E-state index contributed by atoms with van der Waals surface area (Å²) in [5, 5.41) is 8.90. The van der Waals surface area contributed by atoms with Crippen LogP contribution in [0.15, 0.2) is 55.1 Å². The number of rotatable bonds is 6. The van der Waals surface area contributed by atoms with Gasteiger partial charge in [0.05, 0.1) is 18.1 Å². The minimum atomic E-state index is 0.102. The van der Waals surface area contributed by atoms with Crippen LogP contribution in [0.1, 0.15) is 40.7 Å². The number of nitrogens with zero attached hydrogens (tertiary/aromatic N) is 2. The molecule has 3 heteroatoms. The van der Waals surface area contributed by atoms with Gasteiger partial charge in [-0.25, -0.2) is 0 Å². The van der Waals surface area contributed by atoms with Gasteiger partial charge in [0, 0.05) is 13.1 Å². The van der Waals surface area contributed by atoms with Crippen molar-refractivity contribution < 1.29 is 4.79 Å². The number of carbonyl (C=O) groups excluding carboxylic acids is 1. The monoisotopic (exact) mass is 344 g/mol. The lowest BCUT2D eigenvalue weighted by Crippen LogP contribution is -2.32. The SMILES string of the molecule is C=CCN(Cc1ccc(C#N)cc1)C(=O)Cc1ccc2c(c1)CCCC2. The third kappa shape index (κ3) is 4.40. The van der Waals surface area contributed by atoms with Gasteiger partial charge in [-0.05, 0) is 60.1 Å². The van der Waals surface area contributed by atoms with Crippen molar-refractivity contribution in [1.82, 2.24) is 4.90 Å². The zero-order chi connectivity index (χ0) is 18.4. The van der Waals surface area contributed by atoms with E-state index in [0.717, 1.165) is 24.0 Å². The van der Waals surface area contributed by atoms with Crippen molar-refractivity contribution in [3.05, 3.63) is 82.9 Å². The molecule has 0 bridgehead atoms. The van der Waals surface area contributed by atoms with E-state index >= 15 is 0 Å². The maximum atomic E-state index is 12.8. The number of aryl methyl sites for hydroxylation is 2. The Morgan fingerprint density at radius 2 is 1.77 bits per heavy atom. The van der Waals surface area contributed by atoms with E-state index < -0.39 is 0 Å². The molecule has 0 fully saturated rings. The van der Waals surface area contributed by atoms with Crippen LogP contribution < -0.4 is 0 Å². The van der Waals surface area contributed by atoms with E-state index in [2.05, 4.69) is 30.8 Å². The van der Waals surface area contributed by atoms with Crippen molar-refractivity contribution in [2.24, 2.45) is 0 Å². The fourth-order valence-electron chi connectivity index (χ4n) is 3.50. The van der Waals surface area contributed by atoms with E-state index in [1.165, 1.54) is 24.0 Å². The summed E-state index contributed by atoms with van der Waals surface area (Å²) in [6, 6.07) is 16.0. The fraction of sp³-hybridized carbons (Fsp3) is 0.304. The molecule has 1 aliphatic rings. The van der Waals surface area contributed by atoms with E-state index in [9.17, 15) is 4.79 Å². The van der Waals surface area contributed by atoms with E-state index in [-0.39, 0.29) is 5.91 Å². The molecule has 0 radical (unpaired) electrons. The minimum Gasteiger partial charge on any atom is -0.334 e. The molecule has 0 spiro atoms. The summed E-state index contributed by atoms with van der Waals surface area (Å²) < 4.78 is 0. The Morgan fingerprint density at radius 3 is 2.46 bits per heavy atom. The molecule has 0 aromatic heterocycles. The summed E-state index contributed by atoms with van der Waals surface area (Å²) in [5.74, 6) is 0.102. The second kappa shape index (κ2) is 8.49. The second-order valence-corrected chi connectivity index (χ2v) is 6.86. The summed E-state index contributed by atoms with van der Waals surface area (Å²) in [4.78, 5) is 14.6. The van der Waals surface area contributed by atoms with E-state index in [4.69, 9.17) is 5.26 Å². The first-order valence-corrected chi connectivity index (χ1v) is 9.18. The van der Waals surface area contributed by atoms with Crippen LogP contribution in [0.5, 0.6) is 0 Å². The van der Waals surface area contributed by atoms with E-state index in [1.54, 1.807) is 18.2 Å². The maximum absolute atomic E-state index is 12.8. The highest BCUT2D eigenvalue weighted by Crippen LogP contribution is 2.22. The molecule has 3 nitrogen and oxygen atoms in total. The fourth-order valence-corrected chi connectivity index (χ4v) is 3.50. The lowest BCUT2D eigenvalue weighted by atomic mass is 9.90. The standard InChI is InChI=1S/C23H24N2O/c1-2-13-25(17-19-9-7-18(16-24)8-10-19)23(26)15-20-11-12-21-5-3-4-6-22(21)14-20/h2,7-12,14H,1,3-6,13,15,17H2. The van der Waals surface area contributed by atoms with Gasteiger partial charge in [0.2, 0.25) is 5.91 Å². The number of benzene rings is 2. The Balaban J connectivity index is 1.70. The van der Waals surface area contributed by atoms with Gasteiger partial charge in [0.15, 0.2) is 0 Å². The third-order valence-electron chi connectivity index (χ3n) is 4.93. The van der Waals surface area contributed by atoms with Crippen LogP contribution in [0.3, 0.4) is 0 Å². The smallest absolute Gasteiger partial charge is 0.227 e. The third-order valence-corrected chi connectivity index (χ3v) is 4.93. The van der Waals surface area contributed by atoms with Crippen LogP contribution >= 0.6 is 0 Å². The highest BCUT2D eigenvalue weighted by atomic mass is 16.2. The molecule has 0 heterocycles. The Morgan fingerprint density at radius 1 is 1.08 bits per heavy atom. The first-order valence-electron chi connectivity index (χ1n) is 9.18. The molecule has 0 saturated heterocycles. The van der Waals surface area contributed by atoms with Gasteiger partial charge in [0.1, 0.15) is 0 Å². The predicted octanol–water partition coefficient (Wildman–Crippen LogP) is 4.19. The maximum Gasteiger partial charge on any atom is 0.227 e. The molecular weight excluding hydrogens is 320 g/mol. The van der Waals surface area contributed by atoms with Crippen molar-refractivity contribution in [2.45, 2.75) is 38.6 Å². The molecule has 132 valence electrons. The van der Waals surface area contributed by atoms with E-state index in [0.29, 0.717) is 25.1 Å². The molecule has 0 saturated carbocycles. The topological polar surface area (TPSA) is 44.1 Å². The van der Waals surface area contributed by atoms with Crippen molar-refractivity contribution in [1.29, 1.82) is 5.26 Å². The first kappa shape index (κ1) is 17.9. The molecule has 2 aromatic carbocycles. The average molecular weight is 344 g/mol. The van der Waals surface area contributed by atoms with Crippen LogP contribution in [0.2, 0.25) is 0 Å². The average Bonchev–Trinajstić information content (AvgIpc) is 2.68. The van der Waals surface area contributed by atoms with Gasteiger partial charge in [0.25, 0.3) is 0 Å². The Hall–Kier alpha value is -2.86. The molecule has 1 aliphatic carbocycles. The molecule has 0 aliphatic heterocycles. The largest absolute Gasteiger partial charge is 0.334 e. The molecular formula is C23H24N2O. The zero-order valence-corrected chi connectivity index (χ0v) is 15.1. The van der Waals surface area contributed by atoms with Crippen LogP contribution in [-0.2, 0) is 30.6 Å². The van der Waals surface area contributed by atoms with Crippen LogP contribution in [-0.4, -0.2) is 17.4 Å². The zero-order valence-electron chi connectivity index (χ0n) is 15.1. The number of nitriles is 1. The number of fused-ring (bicyclic) bond motifs is 1. The number of hydrogen-bond acceptors (Lipinski definition) is 2. The molecule has 3 rings (SSSR count). The highest BCUT2D eigenvalue weighted by Gasteiger charge is 2.15. The van der Waals surface area contributed by atoms with E-state index in [1.807, 2.05) is 17.0 Å². The number of carbonyl (C=O) groups is 1. The van der Waals surface area contributed by atoms with Crippen LogP contribution in [0.25, 0.3) is 0 Å². The summed E-state index contributed by atoms with van der Waals surface area (Å²) >= 11 is 0. The van der Waals surface area contributed by atoms with Gasteiger partial charge in [-0.2, -0.15) is 5.26 Å². The lowest BCUT2D eigenvalue weighted by molar-refractivity contribution is -0.130. The van der Waals surface area contributed by atoms with Crippen molar-refractivity contribution in [2.75, 3.05) is 6.54 Å². The van der Waals surface area contributed by atoms with Crippen molar-refractivity contribution >= 4 is 5.91 Å². The normalized spacial score (nSPS) is 12.7. The summed E-state index contributed by atoms with van der Waals surface area (Å²) in [6.07, 6.45) is 6.96. The number of amides is 1. The Labute approximate surface area is 155 Å². The number of hydrogen-bond donors (Lipinski definition) is 0. The second-order valence-electron chi connectivity index (χ2n) is 6.86. The first-order chi connectivity index (χ1) is 12.7. The van der Waals surface area contributed by atoms with Gasteiger partial charge in [-0.1, -0.05) is 36.4 Å². The van der Waals surface area contributed by atoms with Crippen LogP contribution in [0, 0.1) is 11.3 Å². The molecule has 0 N–H and O–H groups in total. The lowest BCUT2D eigenvalue weighted by Gasteiger charge is -2.22. The predicted molar refractivity (Wildman–Crippen MR) is 104 cm³/mol. The molecule has 2 aromatic rings. The summed E-state index contributed by atoms with van der Waals surface area (Å²) in [6.45, 7) is 4.83. The molecule has 0 unspecified atom stereocenters. The summed E-state index contributed by atoms with van der Waals surface area (Å²) in [7, 11) is 0. The van der Waals surface area contributed by atoms with Gasteiger partial charge in [-0.15, -0.1) is 6.58 Å². The Bertz CT molecular complexity index is 830. The van der Waals surface area contributed by atoms with Crippen LogP contribution in [0.4, 0.5) is 0 Å². The minimum absolute atomic E-state index is 0.102.